The third kappa shape index (κ3) is 2.68. The van der Waals surface area contributed by atoms with Crippen molar-refractivity contribution >= 4 is 22.8 Å². The molecule has 0 bridgehead atoms. The third-order valence-corrected chi connectivity index (χ3v) is 2.57. The summed E-state index contributed by atoms with van der Waals surface area (Å²) in [6.07, 6.45) is 0.938. The van der Waals surface area contributed by atoms with Gasteiger partial charge in [-0.3, -0.25) is 0 Å². The molecule has 0 radical (unpaired) electrons. The predicted molar refractivity (Wildman–Crippen MR) is 68.2 cm³/mol. The minimum absolute atomic E-state index is 0.613. The Labute approximate surface area is 100 Å². The number of aromatic nitrogens is 1. The Bertz CT molecular complexity index is 495. The van der Waals surface area contributed by atoms with Crippen LogP contribution in [0, 0.1) is 0 Å². The average molecular weight is 235 g/mol. The lowest BCUT2D eigenvalue weighted by atomic mass is 10.3. The number of oxazole rings is 1. The molecule has 2 rings (SSSR count). The Morgan fingerprint density at radius 3 is 3.06 bits per heavy atom. The summed E-state index contributed by atoms with van der Waals surface area (Å²) in [4.78, 5) is 6.36. The Hall–Kier alpha value is -1.75. The van der Waals surface area contributed by atoms with Crippen molar-refractivity contribution in [2.24, 2.45) is 0 Å². The van der Waals surface area contributed by atoms with Gasteiger partial charge >= 0.3 is 0 Å². The molecule has 1 aromatic heterocycles. The van der Waals surface area contributed by atoms with Gasteiger partial charge in [0.25, 0.3) is 6.01 Å². The van der Waals surface area contributed by atoms with Crippen molar-refractivity contribution in [2.75, 3.05) is 37.9 Å². The van der Waals surface area contributed by atoms with Crippen LogP contribution >= 0.6 is 0 Å². The highest BCUT2D eigenvalue weighted by molar-refractivity contribution is 5.78. The molecule has 5 heteroatoms. The van der Waals surface area contributed by atoms with Crippen LogP contribution in [0.5, 0.6) is 0 Å². The second kappa shape index (κ2) is 5.05. The molecule has 1 aromatic carbocycles. The van der Waals surface area contributed by atoms with E-state index in [1.165, 1.54) is 0 Å². The first-order valence-electron chi connectivity index (χ1n) is 5.57. The third-order valence-electron chi connectivity index (χ3n) is 2.57. The van der Waals surface area contributed by atoms with Crippen molar-refractivity contribution in [3.63, 3.8) is 0 Å². The lowest BCUT2D eigenvalue weighted by molar-refractivity contribution is 0.196. The van der Waals surface area contributed by atoms with Crippen LogP contribution in [0.25, 0.3) is 11.1 Å². The van der Waals surface area contributed by atoms with Crippen LogP contribution in [0.3, 0.4) is 0 Å². The first-order valence-corrected chi connectivity index (χ1v) is 5.57. The van der Waals surface area contributed by atoms with Crippen molar-refractivity contribution in [1.82, 2.24) is 4.98 Å². The molecule has 0 aliphatic carbocycles. The molecule has 92 valence electrons. The smallest absolute Gasteiger partial charge is 0.298 e. The van der Waals surface area contributed by atoms with Crippen LogP contribution in [0.4, 0.5) is 11.7 Å². The van der Waals surface area contributed by atoms with E-state index in [2.05, 4.69) is 4.98 Å². The molecule has 0 aliphatic rings. The number of nitrogen functional groups attached to an aromatic ring is 1. The van der Waals surface area contributed by atoms with E-state index in [-0.39, 0.29) is 0 Å². The van der Waals surface area contributed by atoms with E-state index in [0.717, 1.165) is 30.7 Å². The maximum Gasteiger partial charge on any atom is 0.298 e. The lowest BCUT2D eigenvalue weighted by Crippen LogP contribution is -2.19. The summed E-state index contributed by atoms with van der Waals surface area (Å²) < 4.78 is 10.6. The van der Waals surface area contributed by atoms with Crippen molar-refractivity contribution in [3.05, 3.63) is 18.2 Å². The van der Waals surface area contributed by atoms with E-state index < -0.39 is 0 Å². The van der Waals surface area contributed by atoms with Gasteiger partial charge in [-0.05, 0) is 18.6 Å². The Morgan fingerprint density at radius 2 is 2.29 bits per heavy atom. The molecule has 2 aromatic rings. The number of hydrogen-bond donors (Lipinski definition) is 1. The van der Waals surface area contributed by atoms with Gasteiger partial charge < -0.3 is 19.8 Å². The zero-order chi connectivity index (χ0) is 12.3. The molecule has 0 fully saturated rings. The SMILES string of the molecule is COCCCN(C)c1nc2ccc(N)cc2o1. The zero-order valence-corrected chi connectivity index (χ0v) is 10.1. The average Bonchev–Trinajstić information content (AvgIpc) is 2.72. The Balaban J connectivity index is 2.12. The highest BCUT2D eigenvalue weighted by Crippen LogP contribution is 2.22. The summed E-state index contributed by atoms with van der Waals surface area (Å²) in [5.41, 5.74) is 7.92. The number of nitrogens with two attached hydrogens (primary N) is 1. The number of benzene rings is 1. The van der Waals surface area contributed by atoms with Gasteiger partial charge in [0.1, 0.15) is 5.52 Å². The first-order chi connectivity index (χ1) is 8.20. The number of fused-ring (bicyclic) bond motifs is 1. The fourth-order valence-corrected chi connectivity index (χ4v) is 1.63. The molecule has 17 heavy (non-hydrogen) atoms. The van der Waals surface area contributed by atoms with E-state index in [4.69, 9.17) is 14.9 Å². The highest BCUT2D eigenvalue weighted by atomic mass is 16.5. The quantitative estimate of drug-likeness (QED) is 0.633. The fourth-order valence-electron chi connectivity index (χ4n) is 1.63. The molecular weight excluding hydrogens is 218 g/mol. The van der Waals surface area contributed by atoms with Gasteiger partial charge in [-0.2, -0.15) is 4.98 Å². The summed E-state index contributed by atoms with van der Waals surface area (Å²) in [5.74, 6) is 0. The number of ether oxygens (including phenoxy) is 1. The number of nitrogens with zero attached hydrogens (tertiary/aromatic N) is 2. The van der Waals surface area contributed by atoms with Gasteiger partial charge in [0.05, 0.1) is 0 Å². The summed E-state index contributed by atoms with van der Waals surface area (Å²) in [5, 5.41) is 0. The molecule has 0 saturated carbocycles. The van der Waals surface area contributed by atoms with E-state index in [1.54, 1.807) is 13.2 Å². The van der Waals surface area contributed by atoms with Gasteiger partial charge in [0, 0.05) is 39.1 Å². The van der Waals surface area contributed by atoms with Crippen molar-refractivity contribution in [2.45, 2.75) is 6.42 Å². The van der Waals surface area contributed by atoms with E-state index in [9.17, 15) is 0 Å². The normalized spacial score (nSPS) is 10.9. The largest absolute Gasteiger partial charge is 0.423 e. The molecule has 1 heterocycles. The Kier molecular flexibility index (Phi) is 3.49. The van der Waals surface area contributed by atoms with E-state index in [0.29, 0.717) is 11.7 Å². The lowest BCUT2D eigenvalue weighted by Gasteiger charge is -2.13. The second-order valence-corrected chi connectivity index (χ2v) is 3.99. The van der Waals surface area contributed by atoms with Gasteiger partial charge in [0.2, 0.25) is 0 Å². The number of methoxy groups -OCH3 is 1. The monoisotopic (exact) mass is 235 g/mol. The van der Waals surface area contributed by atoms with Gasteiger partial charge in [0.15, 0.2) is 5.58 Å². The van der Waals surface area contributed by atoms with Crippen LogP contribution in [-0.2, 0) is 4.74 Å². The molecule has 0 saturated heterocycles. The molecule has 0 atom stereocenters. The molecule has 0 amide bonds. The first kappa shape index (κ1) is 11.7. The predicted octanol–water partition coefficient (Wildman–Crippen LogP) is 1.88. The van der Waals surface area contributed by atoms with Crippen molar-refractivity contribution in [3.8, 4) is 0 Å². The topological polar surface area (TPSA) is 64.5 Å². The molecule has 0 spiro atoms. The van der Waals surface area contributed by atoms with Crippen molar-refractivity contribution in [1.29, 1.82) is 0 Å². The summed E-state index contributed by atoms with van der Waals surface area (Å²) >= 11 is 0. The minimum Gasteiger partial charge on any atom is -0.423 e. The molecule has 0 unspecified atom stereocenters. The molecular formula is C12H17N3O2. The van der Waals surface area contributed by atoms with Gasteiger partial charge in [-0.1, -0.05) is 0 Å². The number of anilines is 2. The molecule has 2 N–H and O–H groups in total. The number of hydrogen-bond acceptors (Lipinski definition) is 5. The van der Waals surface area contributed by atoms with Gasteiger partial charge in [-0.25, -0.2) is 0 Å². The van der Waals surface area contributed by atoms with Crippen LogP contribution in [0.1, 0.15) is 6.42 Å². The van der Waals surface area contributed by atoms with Crippen molar-refractivity contribution < 1.29 is 9.15 Å². The van der Waals surface area contributed by atoms with Gasteiger partial charge in [-0.15, -0.1) is 0 Å². The highest BCUT2D eigenvalue weighted by Gasteiger charge is 2.09. The molecule has 0 aliphatic heterocycles. The maximum atomic E-state index is 5.69. The fraction of sp³-hybridized carbons (Fsp3) is 0.417. The van der Waals surface area contributed by atoms with Crippen LogP contribution < -0.4 is 10.6 Å². The maximum absolute atomic E-state index is 5.69. The standard InChI is InChI=1S/C12H17N3O2/c1-15(6-3-7-16-2)12-14-10-5-4-9(13)8-11(10)17-12/h4-5,8H,3,6-7,13H2,1-2H3. The van der Waals surface area contributed by atoms with Crippen LogP contribution in [0.2, 0.25) is 0 Å². The molecule has 5 nitrogen and oxygen atoms in total. The Morgan fingerprint density at radius 1 is 1.47 bits per heavy atom. The van der Waals surface area contributed by atoms with Crippen LogP contribution in [-0.4, -0.2) is 32.3 Å². The zero-order valence-electron chi connectivity index (χ0n) is 10.1. The summed E-state index contributed by atoms with van der Waals surface area (Å²) in [6.45, 7) is 1.58. The van der Waals surface area contributed by atoms with Crippen LogP contribution in [0.15, 0.2) is 22.6 Å². The van der Waals surface area contributed by atoms with E-state index >= 15 is 0 Å². The van der Waals surface area contributed by atoms with E-state index in [1.807, 2.05) is 24.1 Å². The summed E-state index contributed by atoms with van der Waals surface area (Å²) in [7, 11) is 3.64. The second-order valence-electron chi connectivity index (χ2n) is 3.99. The summed E-state index contributed by atoms with van der Waals surface area (Å²) in [6, 6.07) is 6.08. The minimum atomic E-state index is 0.613. The number of rotatable bonds is 5.